The summed E-state index contributed by atoms with van der Waals surface area (Å²) < 4.78 is 5.64. The minimum absolute atomic E-state index is 0.0430. The highest BCUT2D eigenvalue weighted by molar-refractivity contribution is 8.00. The van der Waals surface area contributed by atoms with Crippen LogP contribution in [0.2, 0.25) is 0 Å². The fraction of sp³-hybridized carbons (Fsp3) is 0.381. The maximum absolute atomic E-state index is 12.4. The molecule has 1 aliphatic rings. The van der Waals surface area contributed by atoms with Gasteiger partial charge in [-0.05, 0) is 43.7 Å². The van der Waals surface area contributed by atoms with Gasteiger partial charge in [-0.2, -0.15) is 0 Å². The molecule has 0 aromatic heterocycles. The van der Waals surface area contributed by atoms with Gasteiger partial charge >= 0.3 is 0 Å². The van der Waals surface area contributed by atoms with Crippen LogP contribution in [0.3, 0.4) is 0 Å². The summed E-state index contributed by atoms with van der Waals surface area (Å²) in [6, 6.07) is 16.2. The van der Waals surface area contributed by atoms with Gasteiger partial charge in [0, 0.05) is 23.2 Å². The van der Waals surface area contributed by atoms with Crippen LogP contribution in [0.5, 0.6) is 5.75 Å². The molecule has 1 amide bonds. The van der Waals surface area contributed by atoms with Gasteiger partial charge in [-0.3, -0.25) is 4.79 Å². The average molecular weight is 371 g/mol. The van der Waals surface area contributed by atoms with E-state index in [-0.39, 0.29) is 12.0 Å². The van der Waals surface area contributed by atoms with E-state index < -0.39 is 0 Å². The molecule has 1 unspecified atom stereocenters. The predicted molar refractivity (Wildman–Crippen MR) is 108 cm³/mol. The molecule has 138 valence electrons. The number of benzene rings is 2. The monoisotopic (exact) mass is 370 g/mol. The SMILES string of the molecule is CC(C)Oc1ccc(CNC(=O)CN2CC(C)Sc3ccccc32)cc1. The third-order valence-corrected chi connectivity index (χ3v) is 5.28. The first-order valence-corrected chi connectivity index (χ1v) is 9.92. The third-order valence-electron chi connectivity index (χ3n) is 4.13. The van der Waals surface area contributed by atoms with Gasteiger partial charge in [-0.25, -0.2) is 0 Å². The van der Waals surface area contributed by atoms with Crippen LogP contribution in [0, 0.1) is 0 Å². The van der Waals surface area contributed by atoms with Gasteiger partial charge in [0.25, 0.3) is 0 Å². The highest BCUT2D eigenvalue weighted by atomic mass is 32.2. The van der Waals surface area contributed by atoms with Crippen molar-refractivity contribution in [3.63, 3.8) is 0 Å². The van der Waals surface area contributed by atoms with E-state index in [0.717, 1.165) is 23.5 Å². The lowest BCUT2D eigenvalue weighted by Gasteiger charge is -2.33. The number of fused-ring (bicyclic) bond motifs is 1. The first kappa shape index (κ1) is 18.6. The van der Waals surface area contributed by atoms with Crippen molar-refractivity contribution in [3.8, 4) is 5.75 Å². The summed E-state index contributed by atoms with van der Waals surface area (Å²) in [7, 11) is 0. The second kappa shape index (κ2) is 8.49. The second-order valence-corrected chi connectivity index (χ2v) is 8.34. The van der Waals surface area contributed by atoms with Crippen LogP contribution < -0.4 is 15.0 Å². The standard InChI is InChI=1S/C21H26N2O2S/c1-15(2)25-18-10-8-17(9-11-18)12-22-21(24)14-23-13-16(3)26-20-7-5-4-6-19(20)23/h4-11,15-16H,12-14H2,1-3H3,(H,22,24). The molecule has 0 radical (unpaired) electrons. The number of hydrogen-bond acceptors (Lipinski definition) is 4. The minimum Gasteiger partial charge on any atom is -0.491 e. The Bertz CT molecular complexity index is 746. The zero-order valence-electron chi connectivity index (χ0n) is 15.6. The molecule has 1 N–H and O–H groups in total. The number of anilines is 1. The Morgan fingerprint density at radius 2 is 1.96 bits per heavy atom. The molecule has 26 heavy (non-hydrogen) atoms. The number of ether oxygens (including phenoxy) is 1. The Balaban J connectivity index is 1.55. The van der Waals surface area contributed by atoms with E-state index in [1.807, 2.05) is 55.9 Å². The van der Waals surface area contributed by atoms with Crippen molar-refractivity contribution < 1.29 is 9.53 Å². The zero-order valence-corrected chi connectivity index (χ0v) is 16.4. The van der Waals surface area contributed by atoms with Crippen molar-refractivity contribution >= 4 is 23.4 Å². The molecule has 0 saturated carbocycles. The number of carbonyl (C=O) groups is 1. The van der Waals surface area contributed by atoms with Crippen LogP contribution in [-0.2, 0) is 11.3 Å². The maximum Gasteiger partial charge on any atom is 0.239 e. The molecule has 1 atom stereocenters. The number of rotatable bonds is 6. The van der Waals surface area contributed by atoms with Crippen molar-refractivity contribution in [1.29, 1.82) is 0 Å². The lowest BCUT2D eigenvalue weighted by molar-refractivity contribution is -0.119. The number of hydrogen-bond donors (Lipinski definition) is 1. The van der Waals surface area contributed by atoms with Gasteiger partial charge in [0.05, 0.1) is 18.3 Å². The number of nitrogens with one attached hydrogen (secondary N) is 1. The topological polar surface area (TPSA) is 41.6 Å². The molecular formula is C21H26N2O2S. The molecule has 0 bridgehead atoms. The van der Waals surface area contributed by atoms with Gasteiger partial charge in [0.1, 0.15) is 5.75 Å². The number of nitrogens with zero attached hydrogens (tertiary/aromatic N) is 1. The van der Waals surface area contributed by atoms with Crippen LogP contribution in [-0.4, -0.2) is 30.4 Å². The Hall–Kier alpha value is -2.14. The maximum atomic E-state index is 12.4. The molecule has 5 heteroatoms. The summed E-state index contributed by atoms with van der Waals surface area (Å²) in [5.41, 5.74) is 2.22. The van der Waals surface area contributed by atoms with Gasteiger partial charge in [-0.1, -0.05) is 31.2 Å². The molecule has 2 aromatic rings. The van der Waals surface area contributed by atoms with Gasteiger partial charge in [-0.15, -0.1) is 11.8 Å². The predicted octanol–water partition coefficient (Wildman–Crippen LogP) is 4.09. The van der Waals surface area contributed by atoms with Crippen LogP contribution >= 0.6 is 11.8 Å². The zero-order chi connectivity index (χ0) is 18.5. The Morgan fingerprint density at radius 1 is 1.23 bits per heavy atom. The molecule has 4 nitrogen and oxygen atoms in total. The second-order valence-electron chi connectivity index (χ2n) is 6.86. The van der Waals surface area contributed by atoms with Crippen molar-refractivity contribution in [2.45, 2.75) is 43.6 Å². The lowest BCUT2D eigenvalue weighted by atomic mass is 10.2. The van der Waals surface area contributed by atoms with E-state index in [4.69, 9.17) is 4.74 Å². The quantitative estimate of drug-likeness (QED) is 0.832. The van der Waals surface area contributed by atoms with E-state index in [2.05, 4.69) is 35.3 Å². The molecule has 1 aliphatic heterocycles. The third kappa shape index (κ3) is 4.94. The molecule has 3 rings (SSSR count). The summed E-state index contributed by atoms with van der Waals surface area (Å²) in [6.45, 7) is 8.01. The highest BCUT2D eigenvalue weighted by Crippen LogP contribution is 2.37. The van der Waals surface area contributed by atoms with Crippen LogP contribution in [0.25, 0.3) is 0 Å². The summed E-state index contributed by atoms with van der Waals surface area (Å²) in [4.78, 5) is 15.9. The van der Waals surface area contributed by atoms with Crippen LogP contribution in [0.1, 0.15) is 26.3 Å². The molecule has 0 spiro atoms. The molecule has 0 saturated heterocycles. The summed E-state index contributed by atoms with van der Waals surface area (Å²) in [5.74, 6) is 0.896. The van der Waals surface area contributed by atoms with Crippen molar-refractivity contribution in [2.24, 2.45) is 0 Å². The highest BCUT2D eigenvalue weighted by Gasteiger charge is 2.23. The molecule has 0 aliphatic carbocycles. The Kier molecular flexibility index (Phi) is 6.09. The van der Waals surface area contributed by atoms with Crippen LogP contribution in [0.15, 0.2) is 53.4 Å². The van der Waals surface area contributed by atoms with E-state index in [1.165, 1.54) is 4.90 Å². The molecule has 2 aromatic carbocycles. The van der Waals surface area contributed by atoms with Crippen molar-refractivity contribution in [3.05, 3.63) is 54.1 Å². The molecule has 1 heterocycles. The van der Waals surface area contributed by atoms with Crippen LogP contribution in [0.4, 0.5) is 5.69 Å². The first-order valence-electron chi connectivity index (χ1n) is 9.04. The van der Waals surface area contributed by atoms with Crippen molar-refractivity contribution in [2.75, 3.05) is 18.0 Å². The van der Waals surface area contributed by atoms with Gasteiger partial charge < -0.3 is 15.0 Å². The molecular weight excluding hydrogens is 344 g/mol. The number of thioether (sulfide) groups is 1. The smallest absolute Gasteiger partial charge is 0.239 e. The number of carbonyl (C=O) groups excluding carboxylic acids is 1. The lowest BCUT2D eigenvalue weighted by Crippen LogP contribution is -2.41. The van der Waals surface area contributed by atoms with E-state index in [0.29, 0.717) is 18.3 Å². The van der Waals surface area contributed by atoms with Crippen molar-refractivity contribution in [1.82, 2.24) is 5.32 Å². The molecule has 0 fully saturated rings. The van der Waals surface area contributed by atoms with E-state index >= 15 is 0 Å². The summed E-state index contributed by atoms with van der Waals surface area (Å²) in [6.07, 6.45) is 0.161. The summed E-state index contributed by atoms with van der Waals surface area (Å²) in [5, 5.41) is 3.50. The van der Waals surface area contributed by atoms with Gasteiger partial charge in [0.15, 0.2) is 0 Å². The number of para-hydroxylation sites is 1. The Morgan fingerprint density at radius 3 is 2.69 bits per heavy atom. The Labute approximate surface area is 159 Å². The normalized spacial score (nSPS) is 16.3. The minimum atomic E-state index is 0.0430. The number of amides is 1. The van der Waals surface area contributed by atoms with E-state index in [1.54, 1.807) is 0 Å². The average Bonchev–Trinajstić information content (AvgIpc) is 2.60. The largest absolute Gasteiger partial charge is 0.491 e. The first-order chi connectivity index (χ1) is 12.5. The van der Waals surface area contributed by atoms with Gasteiger partial charge in [0.2, 0.25) is 5.91 Å². The summed E-state index contributed by atoms with van der Waals surface area (Å²) >= 11 is 1.87. The van der Waals surface area contributed by atoms with E-state index in [9.17, 15) is 4.79 Å². The fourth-order valence-corrected chi connectivity index (χ4v) is 4.18. The fourth-order valence-electron chi connectivity index (χ4n) is 3.02.